The van der Waals surface area contributed by atoms with E-state index < -0.39 is 10.0 Å². The zero-order valence-corrected chi connectivity index (χ0v) is 18.0. The first-order valence-electron chi connectivity index (χ1n) is 10.3. The number of nitriles is 1. The molecule has 1 fully saturated rings. The number of hydrogen-bond donors (Lipinski definition) is 1. The van der Waals surface area contributed by atoms with Gasteiger partial charge in [-0.15, -0.1) is 0 Å². The number of nitrogens with zero attached hydrogens (tertiary/aromatic N) is 4. The number of H-pyrrole nitrogens is 1. The van der Waals surface area contributed by atoms with E-state index >= 15 is 0 Å². The normalized spacial score (nSPS) is 15.1. The Hall–Kier alpha value is -3.45. The van der Waals surface area contributed by atoms with Crippen LogP contribution < -0.4 is 0 Å². The number of aromatic amines is 1. The number of benzene rings is 1. The molecule has 8 nitrogen and oxygen atoms in total. The number of aromatic nitrogens is 3. The molecule has 1 saturated heterocycles. The summed E-state index contributed by atoms with van der Waals surface area (Å²) in [6, 6.07) is 14.1. The van der Waals surface area contributed by atoms with Gasteiger partial charge in [0.05, 0.1) is 23.7 Å². The standard InChI is InChI=1S/C23H21N5O3S/c24-14-17-15-28(32(29,30)18-4-2-1-3-5-18)23-22(17)20(7-9-26-23)19-6-8-25-21(19)16-27-10-12-31-13-11-27/h1-9,15,25H,10-13,16H2. The number of rotatable bonds is 5. The minimum absolute atomic E-state index is 0.142. The molecule has 0 saturated carbocycles. The summed E-state index contributed by atoms with van der Waals surface area (Å²) in [4.78, 5) is 10.1. The van der Waals surface area contributed by atoms with Crippen LogP contribution in [0.3, 0.4) is 0 Å². The SMILES string of the molecule is N#Cc1cn(S(=O)(=O)c2ccccc2)c2nccc(-c3cc[nH]c3CN3CCOCC3)c12. The molecule has 1 N–H and O–H groups in total. The number of nitrogens with one attached hydrogen (secondary N) is 1. The smallest absolute Gasteiger partial charge is 0.269 e. The molecule has 9 heteroatoms. The highest BCUT2D eigenvalue weighted by atomic mass is 32.2. The Bertz CT molecular complexity index is 1410. The van der Waals surface area contributed by atoms with Crippen LogP contribution in [0, 0.1) is 11.3 Å². The summed E-state index contributed by atoms with van der Waals surface area (Å²) in [5, 5.41) is 10.3. The van der Waals surface area contributed by atoms with Crippen LogP contribution in [-0.2, 0) is 21.3 Å². The van der Waals surface area contributed by atoms with E-state index in [2.05, 4.69) is 20.9 Å². The minimum Gasteiger partial charge on any atom is -0.379 e. The van der Waals surface area contributed by atoms with Gasteiger partial charge in [-0.3, -0.25) is 4.90 Å². The zero-order chi connectivity index (χ0) is 22.1. The molecule has 32 heavy (non-hydrogen) atoms. The van der Waals surface area contributed by atoms with Crippen LogP contribution in [0.1, 0.15) is 11.3 Å². The first-order valence-corrected chi connectivity index (χ1v) is 11.7. The van der Waals surface area contributed by atoms with Gasteiger partial charge in [-0.05, 0) is 29.8 Å². The molecular weight excluding hydrogens is 426 g/mol. The van der Waals surface area contributed by atoms with Crippen molar-refractivity contribution in [2.75, 3.05) is 26.3 Å². The third kappa shape index (κ3) is 3.48. The predicted octanol–water partition coefficient (Wildman–Crippen LogP) is 2.97. The van der Waals surface area contributed by atoms with E-state index in [1.54, 1.807) is 24.4 Å². The van der Waals surface area contributed by atoms with E-state index in [1.165, 1.54) is 18.3 Å². The van der Waals surface area contributed by atoms with Gasteiger partial charge in [0.15, 0.2) is 5.65 Å². The highest BCUT2D eigenvalue weighted by molar-refractivity contribution is 7.90. The van der Waals surface area contributed by atoms with Crippen molar-refractivity contribution in [3.63, 3.8) is 0 Å². The van der Waals surface area contributed by atoms with E-state index in [4.69, 9.17) is 4.74 Å². The maximum atomic E-state index is 13.3. The van der Waals surface area contributed by atoms with Crippen LogP contribution >= 0.6 is 0 Å². The molecule has 0 bridgehead atoms. The zero-order valence-electron chi connectivity index (χ0n) is 17.2. The third-order valence-corrected chi connectivity index (χ3v) is 7.35. The lowest BCUT2D eigenvalue weighted by atomic mass is 10.0. The molecule has 5 rings (SSSR count). The lowest BCUT2D eigenvalue weighted by Crippen LogP contribution is -2.35. The van der Waals surface area contributed by atoms with Crippen LogP contribution in [0.2, 0.25) is 0 Å². The van der Waals surface area contributed by atoms with Crippen molar-refractivity contribution in [2.45, 2.75) is 11.4 Å². The van der Waals surface area contributed by atoms with Gasteiger partial charge in [-0.2, -0.15) is 5.26 Å². The Kier molecular flexibility index (Phi) is 5.27. The van der Waals surface area contributed by atoms with Crippen LogP contribution in [0.5, 0.6) is 0 Å². The molecule has 4 heterocycles. The van der Waals surface area contributed by atoms with E-state index in [1.807, 2.05) is 18.3 Å². The Morgan fingerprint density at radius 1 is 1.09 bits per heavy atom. The fourth-order valence-electron chi connectivity index (χ4n) is 4.09. The van der Waals surface area contributed by atoms with Crippen LogP contribution in [0.15, 0.2) is 66.0 Å². The van der Waals surface area contributed by atoms with Crippen molar-refractivity contribution >= 4 is 21.1 Å². The van der Waals surface area contributed by atoms with Gasteiger partial charge in [-0.25, -0.2) is 17.4 Å². The van der Waals surface area contributed by atoms with Crippen LogP contribution in [0.4, 0.5) is 0 Å². The summed E-state index contributed by atoms with van der Waals surface area (Å²) in [5.41, 5.74) is 3.21. The quantitative estimate of drug-likeness (QED) is 0.504. The second kappa shape index (κ2) is 8.24. The number of hydrogen-bond acceptors (Lipinski definition) is 6. The fraction of sp³-hybridized carbons (Fsp3) is 0.217. The number of pyridine rings is 1. The average molecular weight is 448 g/mol. The van der Waals surface area contributed by atoms with Crippen molar-refractivity contribution in [3.05, 3.63) is 72.3 Å². The van der Waals surface area contributed by atoms with Gasteiger partial charge in [0, 0.05) is 54.9 Å². The van der Waals surface area contributed by atoms with Crippen LogP contribution in [-0.4, -0.2) is 53.6 Å². The van der Waals surface area contributed by atoms with Gasteiger partial charge in [0.25, 0.3) is 10.0 Å². The summed E-state index contributed by atoms with van der Waals surface area (Å²) in [5.74, 6) is 0. The lowest BCUT2D eigenvalue weighted by Gasteiger charge is -2.26. The predicted molar refractivity (Wildman–Crippen MR) is 119 cm³/mol. The second-order valence-corrected chi connectivity index (χ2v) is 9.40. The highest BCUT2D eigenvalue weighted by Gasteiger charge is 2.25. The summed E-state index contributed by atoms with van der Waals surface area (Å²) in [6.07, 6.45) is 4.81. The van der Waals surface area contributed by atoms with Gasteiger partial charge in [-0.1, -0.05) is 18.2 Å². The topological polar surface area (TPSA) is 104 Å². The van der Waals surface area contributed by atoms with E-state index in [0.717, 1.165) is 33.9 Å². The highest BCUT2D eigenvalue weighted by Crippen LogP contribution is 2.34. The second-order valence-electron chi connectivity index (χ2n) is 7.58. The molecule has 0 aliphatic carbocycles. The molecule has 1 aliphatic rings. The molecule has 0 unspecified atom stereocenters. The Balaban J connectivity index is 1.65. The van der Waals surface area contributed by atoms with Crippen LogP contribution in [0.25, 0.3) is 22.2 Å². The lowest BCUT2D eigenvalue weighted by molar-refractivity contribution is 0.0338. The first kappa shape index (κ1) is 20.5. The van der Waals surface area contributed by atoms with Gasteiger partial charge in [0.1, 0.15) is 6.07 Å². The van der Waals surface area contributed by atoms with E-state index in [9.17, 15) is 13.7 Å². The van der Waals surface area contributed by atoms with Gasteiger partial charge < -0.3 is 9.72 Å². The largest absolute Gasteiger partial charge is 0.379 e. The molecular formula is C23H21N5O3S. The molecule has 1 aromatic carbocycles. The molecule has 4 aromatic rings. The van der Waals surface area contributed by atoms with Crippen molar-refractivity contribution in [3.8, 4) is 17.2 Å². The molecule has 0 radical (unpaired) electrons. The fourth-order valence-corrected chi connectivity index (χ4v) is 5.43. The minimum atomic E-state index is -3.90. The van der Waals surface area contributed by atoms with Crippen molar-refractivity contribution in [2.24, 2.45) is 0 Å². The van der Waals surface area contributed by atoms with Crippen molar-refractivity contribution in [1.82, 2.24) is 18.8 Å². The van der Waals surface area contributed by atoms with E-state index in [0.29, 0.717) is 25.1 Å². The Morgan fingerprint density at radius 3 is 2.62 bits per heavy atom. The van der Waals surface area contributed by atoms with Gasteiger partial charge >= 0.3 is 0 Å². The van der Waals surface area contributed by atoms with Gasteiger partial charge in [0.2, 0.25) is 0 Å². The summed E-state index contributed by atoms with van der Waals surface area (Å²) in [6.45, 7) is 3.81. The third-order valence-electron chi connectivity index (χ3n) is 5.68. The van der Waals surface area contributed by atoms with Crippen molar-refractivity contribution in [1.29, 1.82) is 5.26 Å². The number of ether oxygens (including phenoxy) is 1. The summed E-state index contributed by atoms with van der Waals surface area (Å²) >= 11 is 0. The average Bonchev–Trinajstić information content (AvgIpc) is 3.45. The molecule has 0 atom stereocenters. The monoisotopic (exact) mass is 447 g/mol. The maximum Gasteiger partial charge on any atom is 0.269 e. The molecule has 162 valence electrons. The number of morpholine rings is 1. The summed E-state index contributed by atoms with van der Waals surface area (Å²) < 4.78 is 33.1. The van der Waals surface area contributed by atoms with Crippen molar-refractivity contribution < 1.29 is 13.2 Å². The number of fused-ring (bicyclic) bond motifs is 1. The Morgan fingerprint density at radius 2 is 1.88 bits per heavy atom. The molecule has 1 aliphatic heterocycles. The first-order chi connectivity index (χ1) is 15.6. The molecule has 0 spiro atoms. The Labute approximate surface area is 185 Å². The molecule has 0 amide bonds. The molecule has 3 aromatic heterocycles. The van der Waals surface area contributed by atoms with E-state index in [-0.39, 0.29) is 16.1 Å². The maximum absolute atomic E-state index is 13.3. The summed E-state index contributed by atoms with van der Waals surface area (Å²) in [7, 11) is -3.90.